The number of allylic oxidation sites excluding steroid dienone is 5. The molecule has 0 atom stereocenters. The normalized spacial score (nSPS) is 7.50. The van der Waals surface area contributed by atoms with Gasteiger partial charge in [-0.2, -0.15) is 15.8 Å². The molecule has 0 unspecified atom stereocenters. The van der Waals surface area contributed by atoms with Gasteiger partial charge in [-0.1, -0.05) is 25.7 Å². The maximum atomic E-state index is 7.86. The zero-order valence-corrected chi connectivity index (χ0v) is 10.1. The van der Waals surface area contributed by atoms with Gasteiger partial charge >= 0.3 is 0 Å². The molecule has 0 fully saturated rings. The van der Waals surface area contributed by atoms with E-state index in [-0.39, 0.29) is 0 Å². The van der Waals surface area contributed by atoms with Gasteiger partial charge in [0, 0.05) is 17.7 Å². The maximum absolute atomic E-state index is 7.86. The third-order valence-electron chi connectivity index (χ3n) is 0.860. The van der Waals surface area contributed by atoms with Crippen LogP contribution in [0.1, 0.15) is 27.2 Å². The second-order valence-electron chi connectivity index (χ2n) is 2.46. The molecule has 0 spiro atoms. The van der Waals surface area contributed by atoms with E-state index in [0.29, 0.717) is 5.57 Å². The van der Waals surface area contributed by atoms with Gasteiger partial charge in [-0.3, -0.25) is 0 Å². The summed E-state index contributed by atoms with van der Waals surface area (Å²) < 4.78 is 0. The minimum Gasteiger partial charge on any atom is -0.193 e. The van der Waals surface area contributed by atoms with Crippen LogP contribution in [0.2, 0.25) is 0 Å². The van der Waals surface area contributed by atoms with Gasteiger partial charge in [0.1, 0.15) is 0 Å². The van der Waals surface area contributed by atoms with E-state index in [4.69, 9.17) is 15.8 Å². The van der Waals surface area contributed by atoms with Crippen molar-refractivity contribution in [1.82, 2.24) is 0 Å². The summed E-state index contributed by atoms with van der Waals surface area (Å²) in [6.07, 6.45) is 7.38. The van der Waals surface area contributed by atoms with Crippen LogP contribution >= 0.6 is 0 Å². The highest BCUT2D eigenvalue weighted by atomic mass is 14.2. The van der Waals surface area contributed by atoms with Crippen LogP contribution in [0.25, 0.3) is 0 Å². The summed E-state index contributed by atoms with van der Waals surface area (Å²) in [6, 6.07) is 5.56. The molecule has 0 heterocycles. The van der Waals surface area contributed by atoms with Crippen molar-refractivity contribution >= 4 is 0 Å². The molecule has 0 rings (SSSR count). The zero-order chi connectivity index (χ0) is 13.2. The van der Waals surface area contributed by atoms with E-state index in [1.165, 1.54) is 12.2 Å². The first-order chi connectivity index (χ1) is 7.60. The summed E-state index contributed by atoms with van der Waals surface area (Å²) in [7, 11) is 0. The molecule has 3 heteroatoms. The quantitative estimate of drug-likeness (QED) is 0.627. The Kier molecular flexibility index (Phi) is 27.7. The summed E-state index contributed by atoms with van der Waals surface area (Å²) in [4.78, 5) is 0. The molecule has 0 radical (unpaired) electrons. The Morgan fingerprint density at radius 1 is 1.19 bits per heavy atom. The fraction of sp³-hybridized carbons (Fsp3) is 0.308. The SMILES string of the molecule is C=C(C)C#N.CC=CC#N.CCC=CC#N. The van der Waals surface area contributed by atoms with E-state index >= 15 is 0 Å². The number of rotatable bonds is 1. The van der Waals surface area contributed by atoms with Crippen molar-refractivity contribution in [2.45, 2.75) is 27.2 Å². The molecule has 0 N–H and O–H groups in total. The Morgan fingerprint density at radius 2 is 1.62 bits per heavy atom. The molecule has 0 aliphatic heterocycles. The Hall–Kier alpha value is -2.31. The topological polar surface area (TPSA) is 71.4 Å². The second-order valence-corrected chi connectivity index (χ2v) is 2.46. The molecule has 0 amide bonds. The minimum atomic E-state index is 0.560. The van der Waals surface area contributed by atoms with E-state index < -0.39 is 0 Å². The van der Waals surface area contributed by atoms with Gasteiger partial charge in [0.25, 0.3) is 0 Å². The van der Waals surface area contributed by atoms with Crippen molar-refractivity contribution in [3.8, 4) is 18.2 Å². The van der Waals surface area contributed by atoms with Gasteiger partial charge in [0.2, 0.25) is 0 Å². The molecule has 0 saturated heterocycles. The first kappa shape index (κ1) is 19.3. The first-order valence-electron chi connectivity index (χ1n) is 4.71. The highest BCUT2D eigenvalue weighted by Crippen LogP contribution is 1.75. The zero-order valence-electron chi connectivity index (χ0n) is 10.1. The van der Waals surface area contributed by atoms with E-state index in [2.05, 4.69) is 6.58 Å². The van der Waals surface area contributed by atoms with Crippen LogP contribution in [0.15, 0.2) is 36.5 Å². The summed E-state index contributed by atoms with van der Waals surface area (Å²) in [5, 5.41) is 23.4. The molecule has 0 saturated carbocycles. The van der Waals surface area contributed by atoms with Crippen LogP contribution in [-0.2, 0) is 0 Å². The number of hydrogen-bond acceptors (Lipinski definition) is 3. The van der Waals surface area contributed by atoms with Gasteiger partial charge < -0.3 is 0 Å². The van der Waals surface area contributed by atoms with Crippen molar-refractivity contribution in [2.75, 3.05) is 0 Å². The van der Waals surface area contributed by atoms with Gasteiger partial charge in [0.15, 0.2) is 0 Å². The molecule has 3 nitrogen and oxygen atoms in total. The summed E-state index contributed by atoms with van der Waals surface area (Å²) in [5.41, 5.74) is 0.560. The third-order valence-corrected chi connectivity index (χ3v) is 0.860. The van der Waals surface area contributed by atoms with Crippen LogP contribution in [0.5, 0.6) is 0 Å². The molecule has 0 aliphatic carbocycles. The van der Waals surface area contributed by atoms with Gasteiger partial charge in [-0.25, -0.2) is 0 Å². The number of hydrogen-bond donors (Lipinski definition) is 0. The van der Waals surface area contributed by atoms with Crippen LogP contribution in [-0.4, -0.2) is 0 Å². The Bertz CT molecular complexity index is 330. The van der Waals surface area contributed by atoms with Gasteiger partial charge in [-0.15, -0.1) is 0 Å². The van der Waals surface area contributed by atoms with Gasteiger partial charge in [-0.05, 0) is 20.3 Å². The summed E-state index contributed by atoms with van der Waals surface area (Å²) >= 11 is 0. The largest absolute Gasteiger partial charge is 0.193 e. The van der Waals surface area contributed by atoms with Crippen LogP contribution < -0.4 is 0 Å². The molecule has 0 aromatic heterocycles. The predicted molar refractivity (Wildman–Crippen MR) is 65.9 cm³/mol. The van der Waals surface area contributed by atoms with Gasteiger partial charge in [0.05, 0.1) is 18.2 Å². The molecule has 0 aromatic rings. The minimum absolute atomic E-state index is 0.560. The molecule has 0 aromatic carbocycles. The van der Waals surface area contributed by atoms with Crippen LogP contribution in [0.3, 0.4) is 0 Å². The van der Waals surface area contributed by atoms with E-state index in [1.807, 2.05) is 38.1 Å². The van der Waals surface area contributed by atoms with Crippen molar-refractivity contribution in [3.05, 3.63) is 36.5 Å². The number of nitriles is 3. The average molecular weight is 215 g/mol. The summed E-state index contributed by atoms with van der Waals surface area (Å²) in [6.45, 7) is 8.78. The van der Waals surface area contributed by atoms with Crippen molar-refractivity contribution in [3.63, 3.8) is 0 Å². The van der Waals surface area contributed by atoms with Crippen molar-refractivity contribution in [2.24, 2.45) is 0 Å². The van der Waals surface area contributed by atoms with E-state index in [0.717, 1.165) is 6.42 Å². The number of nitrogens with zero attached hydrogens (tertiary/aromatic N) is 3. The smallest absolute Gasteiger partial charge is 0.0937 e. The lowest BCUT2D eigenvalue weighted by atomic mass is 10.4. The highest BCUT2D eigenvalue weighted by molar-refractivity contribution is 5.11. The fourth-order valence-corrected chi connectivity index (χ4v) is 0.245. The van der Waals surface area contributed by atoms with Crippen molar-refractivity contribution in [1.29, 1.82) is 15.8 Å². The Labute approximate surface area is 98.2 Å². The second kappa shape index (κ2) is 23.0. The standard InChI is InChI=1S/C5H7N.2C4H5N/c1-2-3-4-5-6;1-4(2)3-5;1-2-3-4-5/h3-4H,2H2,1H3;1H2,2H3;2-3H,1H3. The Balaban J connectivity index is -0.000000160. The predicted octanol–water partition coefficient (Wildman–Crippen LogP) is 3.65. The van der Waals surface area contributed by atoms with Crippen molar-refractivity contribution < 1.29 is 0 Å². The third kappa shape index (κ3) is 60.7. The average Bonchev–Trinajstić information content (AvgIpc) is 2.29. The molecule has 84 valence electrons. The molecular weight excluding hydrogens is 198 g/mol. The van der Waals surface area contributed by atoms with Crippen LogP contribution in [0, 0.1) is 34.0 Å². The first-order valence-corrected chi connectivity index (χ1v) is 4.71. The lowest BCUT2D eigenvalue weighted by molar-refractivity contribution is 1.22. The maximum Gasteiger partial charge on any atom is 0.0937 e. The lowest BCUT2D eigenvalue weighted by Crippen LogP contribution is -1.51. The fourth-order valence-electron chi connectivity index (χ4n) is 0.245. The molecular formula is C13H17N3. The monoisotopic (exact) mass is 215 g/mol. The Morgan fingerprint density at radius 3 is 1.69 bits per heavy atom. The molecule has 0 aliphatic rings. The lowest BCUT2D eigenvalue weighted by Gasteiger charge is -1.63. The highest BCUT2D eigenvalue weighted by Gasteiger charge is 1.64. The van der Waals surface area contributed by atoms with Crippen LogP contribution in [0.4, 0.5) is 0 Å². The van der Waals surface area contributed by atoms with E-state index in [9.17, 15) is 0 Å². The molecule has 16 heavy (non-hydrogen) atoms. The summed E-state index contributed by atoms with van der Waals surface area (Å²) in [5.74, 6) is 0. The van der Waals surface area contributed by atoms with E-state index in [1.54, 1.807) is 13.0 Å². The molecule has 0 bridgehead atoms.